The van der Waals surface area contributed by atoms with E-state index in [9.17, 15) is 4.79 Å². The number of rotatable bonds is 2. The Hall–Kier alpha value is -0.580. The van der Waals surface area contributed by atoms with Gasteiger partial charge >= 0.3 is 5.97 Å². The van der Waals surface area contributed by atoms with Crippen molar-refractivity contribution in [3.8, 4) is 0 Å². The Morgan fingerprint density at radius 1 is 1.53 bits per heavy atom. The molecule has 0 aliphatic carbocycles. The van der Waals surface area contributed by atoms with Crippen molar-refractivity contribution in [2.24, 2.45) is 0 Å². The van der Waals surface area contributed by atoms with Crippen LogP contribution in [0.2, 0.25) is 0 Å². The zero-order valence-electron chi connectivity index (χ0n) is 9.53. The van der Waals surface area contributed by atoms with Crippen molar-refractivity contribution in [1.29, 1.82) is 0 Å². The molecule has 1 aliphatic rings. The van der Waals surface area contributed by atoms with E-state index in [0.717, 1.165) is 11.0 Å². The topological polar surface area (TPSA) is 38.3 Å². The first-order chi connectivity index (χ1) is 7.70. The van der Waals surface area contributed by atoms with Crippen LogP contribution in [0.25, 0.3) is 0 Å². The lowest BCUT2D eigenvalue weighted by Gasteiger charge is -2.24. The highest BCUT2D eigenvalue weighted by atomic mass is 79.9. The Kier molecular flexibility index (Phi) is 5.43. The Bertz CT molecular complexity index is 411. The summed E-state index contributed by atoms with van der Waals surface area (Å²) in [6, 6.07) is 5.96. The quantitative estimate of drug-likeness (QED) is 0.851. The van der Waals surface area contributed by atoms with Gasteiger partial charge in [-0.1, -0.05) is 22.0 Å². The first-order valence-corrected chi connectivity index (χ1v) is 6.17. The van der Waals surface area contributed by atoms with E-state index in [1.165, 1.54) is 11.1 Å². The molecule has 5 heteroatoms. The highest BCUT2D eigenvalue weighted by Crippen LogP contribution is 2.21. The smallest absolute Gasteiger partial charge is 0.323 e. The summed E-state index contributed by atoms with van der Waals surface area (Å²) >= 11 is 3.44. The predicted octanol–water partition coefficient (Wildman–Crippen LogP) is 2.45. The summed E-state index contributed by atoms with van der Waals surface area (Å²) in [5, 5.41) is 3.19. The van der Waals surface area contributed by atoms with Crippen molar-refractivity contribution in [3.05, 3.63) is 33.8 Å². The largest absolute Gasteiger partial charge is 0.465 e. The average molecular weight is 321 g/mol. The number of carbonyl (C=O) groups is 1. The van der Waals surface area contributed by atoms with Gasteiger partial charge in [0.05, 0.1) is 6.61 Å². The van der Waals surface area contributed by atoms with E-state index in [-0.39, 0.29) is 24.4 Å². The van der Waals surface area contributed by atoms with Crippen LogP contribution in [0.4, 0.5) is 0 Å². The molecule has 0 fully saturated rings. The maximum absolute atomic E-state index is 11.6. The summed E-state index contributed by atoms with van der Waals surface area (Å²) < 4.78 is 6.07. The minimum atomic E-state index is -0.207. The van der Waals surface area contributed by atoms with Gasteiger partial charge in [0.15, 0.2) is 0 Å². The zero-order valence-corrected chi connectivity index (χ0v) is 11.9. The number of nitrogens with one attached hydrogen (secondary N) is 1. The first-order valence-electron chi connectivity index (χ1n) is 5.38. The van der Waals surface area contributed by atoms with E-state index in [1.54, 1.807) is 0 Å². The fourth-order valence-electron chi connectivity index (χ4n) is 1.89. The molecule has 1 aromatic carbocycles. The highest BCUT2D eigenvalue weighted by molar-refractivity contribution is 9.10. The van der Waals surface area contributed by atoms with Crippen LogP contribution in [-0.2, 0) is 22.5 Å². The lowest BCUT2D eigenvalue weighted by molar-refractivity contribution is -0.145. The van der Waals surface area contributed by atoms with Crippen LogP contribution in [0.5, 0.6) is 0 Å². The van der Waals surface area contributed by atoms with E-state index in [1.807, 2.05) is 13.0 Å². The maximum atomic E-state index is 11.6. The minimum absolute atomic E-state index is 0. The molecule has 1 unspecified atom stereocenters. The van der Waals surface area contributed by atoms with Gasteiger partial charge in [0.1, 0.15) is 6.04 Å². The fraction of sp³-hybridized carbons (Fsp3) is 0.417. The van der Waals surface area contributed by atoms with Crippen LogP contribution < -0.4 is 5.32 Å². The molecule has 0 amide bonds. The van der Waals surface area contributed by atoms with Crippen LogP contribution >= 0.6 is 28.3 Å². The molecule has 0 aromatic heterocycles. The van der Waals surface area contributed by atoms with Crippen LogP contribution in [-0.4, -0.2) is 18.6 Å². The van der Waals surface area contributed by atoms with Gasteiger partial charge in [-0.05, 0) is 36.6 Å². The molecule has 94 valence electrons. The maximum Gasteiger partial charge on any atom is 0.323 e. The van der Waals surface area contributed by atoms with Crippen LogP contribution in [0.1, 0.15) is 18.1 Å². The van der Waals surface area contributed by atoms with E-state index in [2.05, 4.69) is 33.4 Å². The predicted molar refractivity (Wildman–Crippen MR) is 72.4 cm³/mol. The molecule has 1 aliphatic heterocycles. The standard InChI is InChI=1S/C12H14BrNO2.ClH/c1-2-16-12(15)11-6-9-5-10(13)4-3-8(9)7-14-11;/h3-5,11,14H,2,6-7H2,1H3;1H. The average Bonchev–Trinajstić information content (AvgIpc) is 2.28. The molecular formula is C12H15BrClNO2. The Labute approximate surface area is 115 Å². The van der Waals surface area contributed by atoms with Crippen LogP contribution in [0.3, 0.4) is 0 Å². The fourth-order valence-corrected chi connectivity index (χ4v) is 2.30. The second kappa shape index (κ2) is 6.38. The van der Waals surface area contributed by atoms with Crippen molar-refractivity contribution >= 4 is 34.3 Å². The molecule has 0 radical (unpaired) electrons. The molecule has 0 saturated carbocycles. The number of esters is 1. The highest BCUT2D eigenvalue weighted by Gasteiger charge is 2.24. The van der Waals surface area contributed by atoms with Gasteiger partial charge in [0.25, 0.3) is 0 Å². The number of carbonyl (C=O) groups excluding carboxylic acids is 1. The SMILES string of the molecule is CCOC(=O)C1Cc2cc(Br)ccc2CN1.Cl. The third-order valence-corrected chi connectivity index (χ3v) is 3.20. The summed E-state index contributed by atoms with van der Waals surface area (Å²) in [5.74, 6) is -0.159. The number of hydrogen-bond donors (Lipinski definition) is 1. The van der Waals surface area contributed by atoms with Gasteiger partial charge in [-0.15, -0.1) is 12.4 Å². The van der Waals surface area contributed by atoms with E-state index >= 15 is 0 Å². The Morgan fingerprint density at radius 3 is 3.00 bits per heavy atom. The molecule has 0 bridgehead atoms. The molecular weight excluding hydrogens is 305 g/mol. The Morgan fingerprint density at radius 2 is 2.29 bits per heavy atom. The van der Waals surface area contributed by atoms with Crippen molar-refractivity contribution in [2.45, 2.75) is 25.9 Å². The summed E-state index contributed by atoms with van der Waals surface area (Å²) in [7, 11) is 0. The number of fused-ring (bicyclic) bond motifs is 1. The summed E-state index contributed by atoms with van der Waals surface area (Å²) in [4.78, 5) is 11.6. The number of halogens is 2. The minimum Gasteiger partial charge on any atom is -0.465 e. The van der Waals surface area contributed by atoms with Crippen LogP contribution in [0, 0.1) is 0 Å². The third-order valence-electron chi connectivity index (χ3n) is 2.70. The van der Waals surface area contributed by atoms with E-state index in [4.69, 9.17) is 4.74 Å². The second-order valence-corrected chi connectivity index (χ2v) is 4.72. The molecule has 17 heavy (non-hydrogen) atoms. The number of ether oxygens (including phenoxy) is 1. The molecule has 0 saturated heterocycles. The van der Waals surface area contributed by atoms with Gasteiger partial charge < -0.3 is 10.1 Å². The third kappa shape index (κ3) is 3.44. The van der Waals surface area contributed by atoms with Crippen molar-refractivity contribution in [1.82, 2.24) is 5.32 Å². The van der Waals surface area contributed by atoms with Gasteiger partial charge in [-0.25, -0.2) is 0 Å². The molecule has 2 rings (SSSR count). The Balaban J connectivity index is 0.00000144. The second-order valence-electron chi connectivity index (χ2n) is 3.80. The monoisotopic (exact) mass is 319 g/mol. The van der Waals surface area contributed by atoms with Crippen molar-refractivity contribution in [2.75, 3.05) is 6.61 Å². The van der Waals surface area contributed by atoms with E-state index < -0.39 is 0 Å². The number of benzene rings is 1. The molecule has 1 atom stereocenters. The van der Waals surface area contributed by atoms with Crippen molar-refractivity contribution in [3.63, 3.8) is 0 Å². The first kappa shape index (κ1) is 14.5. The van der Waals surface area contributed by atoms with Gasteiger partial charge in [-0.3, -0.25) is 4.79 Å². The zero-order chi connectivity index (χ0) is 11.5. The van der Waals surface area contributed by atoms with E-state index in [0.29, 0.717) is 13.0 Å². The lowest BCUT2D eigenvalue weighted by Crippen LogP contribution is -2.42. The molecule has 1 N–H and O–H groups in total. The molecule has 0 spiro atoms. The lowest BCUT2D eigenvalue weighted by atomic mass is 9.96. The number of hydrogen-bond acceptors (Lipinski definition) is 3. The molecule has 1 heterocycles. The van der Waals surface area contributed by atoms with Gasteiger partial charge in [-0.2, -0.15) is 0 Å². The molecule has 1 aromatic rings. The normalized spacial score (nSPS) is 17.9. The summed E-state index contributed by atoms with van der Waals surface area (Å²) in [5.41, 5.74) is 2.47. The summed E-state index contributed by atoms with van der Waals surface area (Å²) in [6.07, 6.45) is 0.702. The summed E-state index contributed by atoms with van der Waals surface area (Å²) in [6.45, 7) is 2.99. The van der Waals surface area contributed by atoms with Gasteiger partial charge in [0.2, 0.25) is 0 Å². The van der Waals surface area contributed by atoms with Crippen LogP contribution in [0.15, 0.2) is 22.7 Å². The molecule has 3 nitrogen and oxygen atoms in total. The van der Waals surface area contributed by atoms with Crippen molar-refractivity contribution < 1.29 is 9.53 Å². The van der Waals surface area contributed by atoms with Gasteiger partial charge in [0, 0.05) is 11.0 Å².